The summed E-state index contributed by atoms with van der Waals surface area (Å²) in [5, 5.41) is 3.47. The molecule has 2 bridgehead atoms. The number of rotatable bonds is 3. The summed E-state index contributed by atoms with van der Waals surface area (Å²) in [7, 11) is -2.99. The van der Waals surface area contributed by atoms with Gasteiger partial charge in [0, 0.05) is 19.1 Å². The Labute approximate surface area is 98.4 Å². The molecule has 94 valence electrons. The highest BCUT2D eigenvalue weighted by Gasteiger charge is 2.38. The highest BCUT2D eigenvalue weighted by Crippen LogP contribution is 2.29. The topological polar surface area (TPSA) is 49.4 Å². The maximum absolute atomic E-state index is 12.0. The number of hydrogen-bond donors (Lipinski definition) is 1. The van der Waals surface area contributed by atoms with E-state index in [2.05, 4.69) is 12.2 Å². The summed E-state index contributed by atoms with van der Waals surface area (Å²) >= 11 is 0. The van der Waals surface area contributed by atoms with Crippen LogP contribution in [-0.2, 0) is 10.0 Å². The van der Waals surface area contributed by atoms with E-state index in [-0.39, 0.29) is 0 Å². The molecule has 3 atom stereocenters. The molecular formula is C11H22N2O2S. The maximum atomic E-state index is 12.0. The van der Waals surface area contributed by atoms with E-state index in [9.17, 15) is 8.42 Å². The average molecular weight is 246 g/mol. The van der Waals surface area contributed by atoms with Gasteiger partial charge in [0.15, 0.2) is 0 Å². The third-order valence-electron chi connectivity index (χ3n) is 3.83. The Morgan fingerprint density at radius 3 is 2.81 bits per heavy atom. The third kappa shape index (κ3) is 2.41. The van der Waals surface area contributed by atoms with E-state index in [1.165, 1.54) is 6.42 Å². The highest BCUT2D eigenvalue weighted by molar-refractivity contribution is 7.89. The summed E-state index contributed by atoms with van der Waals surface area (Å²) in [4.78, 5) is 0. The molecule has 2 aliphatic heterocycles. The van der Waals surface area contributed by atoms with Crippen molar-refractivity contribution in [2.75, 3.05) is 25.4 Å². The van der Waals surface area contributed by atoms with Crippen molar-refractivity contribution in [2.45, 2.75) is 32.7 Å². The summed E-state index contributed by atoms with van der Waals surface area (Å²) in [6.45, 7) is 6.49. The minimum atomic E-state index is -2.99. The van der Waals surface area contributed by atoms with Crippen LogP contribution in [0.5, 0.6) is 0 Å². The summed E-state index contributed by atoms with van der Waals surface area (Å²) in [6.07, 6.45) is 1.90. The first-order valence-electron chi connectivity index (χ1n) is 6.24. The van der Waals surface area contributed by atoms with Crippen molar-refractivity contribution in [2.24, 2.45) is 11.8 Å². The zero-order chi connectivity index (χ0) is 11.8. The molecule has 1 N–H and O–H groups in total. The van der Waals surface area contributed by atoms with Gasteiger partial charge < -0.3 is 5.32 Å². The van der Waals surface area contributed by atoms with Crippen molar-refractivity contribution in [3.8, 4) is 0 Å². The number of hydrogen-bond acceptors (Lipinski definition) is 3. The van der Waals surface area contributed by atoms with Crippen LogP contribution in [0.3, 0.4) is 0 Å². The molecule has 0 radical (unpaired) electrons. The zero-order valence-electron chi connectivity index (χ0n) is 10.1. The molecule has 2 rings (SSSR count). The van der Waals surface area contributed by atoms with E-state index >= 15 is 0 Å². The van der Waals surface area contributed by atoms with Gasteiger partial charge in [-0.25, -0.2) is 12.7 Å². The van der Waals surface area contributed by atoms with Gasteiger partial charge in [-0.2, -0.15) is 0 Å². The SMILES string of the molecule is CCCS(=O)(=O)N1C[C@H]2CN[C@@H](C)[C@@H](C2)C1. The van der Waals surface area contributed by atoms with Crippen LogP contribution in [0.2, 0.25) is 0 Å². The van der Waals surface area contributed by atoms with Crippen LogP contribution in [0.25, 0.3) is 0 Å². The minimum Gasteiger partial charge on any atom is -0.314 e. The molecule has 2 heterocycles. The van der Waals surface area contributed by atoms with Crippen molar-refractivity contribution in [3.05, 3.63) is 0 Å². The van der Waals surface area contributed by atoms with Crippen LogP contribution in [0.1, 0.15) is 26.7 Å². The van der Waals surface area contributed by atoms with Crippen molar-refractivity contribution >= 4 is 10.0 Å². The van der Waals surface area contributed by atoms with Crippen LogP contribution in [-0.4, -0.2) is 44.2 Å². The van der Waals surface area contributed by atoms with Crippen LogP contribution in [0.4, 0.5) is 0 Å². The third-order valence-corrected chi connectivity index (χ3v) is 5.84. The summed E-state index contributed by atoms with van der Waals surface area (Å²) < 4.78 is 25.8. The number of nitrogens with zero attached hydrogens (tertiary/aromatic N) is 1. The van der Waals surface area contributed by atoms with Gasteiger partial charge in [0.25, 0.3) is 0 Å². The second-order valence-electron chi connectivity index (χ2n) is 5.19. The molecular weight excluding hydrogens is 224 g/mol. The Morgan fingerprint density at radius 1 is 1.38 bits per heavy atom. The molecule has 2 aliphatic rings. The number of nitrogens with one attached hydrogen (secondary N) is 1. The molecule has 2 saturated heterocycles. The van der Waals surface area contributed by atoms with E-state index < -0.39 is 10.0 Å². The van der Waals surface area contributed by atoms with Crippen LogP contribution >= 0.6 is 0 Å². The van der Waals surface area contributed by atoms with Gasteiger partial charge in [0.2, 0.25) is 10.0 Å². The van der Waals surface area contributed by atoms with E-state index in [1.54, 1.807) is 4.31 Å². The predicted octanol–water partition coefficient (Wildman–Crippen LogP) is 0.656. The van der Waals surface area contributed by atoms with E-state index in [0.717, 1.165) is 13.1 Å². The van der Waals surface area contributed by atoms with Crippen molar-refractivity contribution in [1.29, 1.82) is 0 Å². The van der Waals surface area contributed by atoms with Gasteiger partial charge >= 0.3 is 0 Å². The van der Waals surface area contributed by atoms with Crippen molar-refractivity contribution in [1.82, 2.24) is 9.62 Å². The first-order chi connectivity index (χ1) is 7.53. The van der Waals surface area contributed by atoms with Crippen LogP contribution in [0, 0.1) is 11.8 Å². The number of fused-ring (bicyclic) bond motifs is 2. The average Bonchev–Trinajstić information content (AvgIpc) is 2.24. The van der Waals surface area contributed by atoms with Gasteiger partial charge in [0.1, 0.15) is 0 Å². The van der Waals surface area contributed by atoms with Crippen LogP contribution in [0.15, 0.2) is 0 Å². The normalized spacial score (nSPS) is 36.2. The second kappa shape index (κ2) is 4.63. The molecule has 4 nitrogen and oxygen atoms in total. The van der Waals surface area contributed by atoms with Crippen molar-refractivity contribution in [3.63, 3.8) is 0 Å². The monoisotopic (exact) mass is 246 g/mol. The first kappa shape index (κ1) is 12.3. The van der Waals surface area contributed by atoms with E-state index in [1.807, 2.05) is 6.92 Å². The lowest BCUT2D eigenvalue weighted by Crippen LogP contribution is -2.56. The molecule has 0 aromatic heterocycles. The fraction of sp³-hybridized carbons (Fsp3) is 1.00. The lowest BCUT2D eigenvalue weighted by Gasteiger charge is -2.44. The Kier molecular flexibility index (Phi) is 3.56. The molecule has 16 heavy (non-hydrogen) atoms. The molecule has 0 aromatic carbocycles. The maximum Gasteiger partial charge on any atom is 0.214 e. The van der Waals surface area contributed by atoms with E-state index in [4.69, 9.17) is 0 Å². The van der Waals surface area contributed by atoms with Gasteiger partial charge in [-0.3, -0.25) is 0 Å². The predicted molar refractivity (Wildman–Crippen MR) is 64.7 cm³/mol. The highest BCUT2D eigenvalue weighted by atomic mass is 32.2. The second-order valence-corrected chi connectivity index (χ2v) is 7.28. The Hall–Kier alpha value is -0.130. The van der Waals surface area contributed by atoms with Crippen molar-refractivity contribution < 1.29 is 8.42 Å². The molecule has 2 fully saturated rings. The molecule has 5 heteroatoms. The molecule has 0 spiro atoms. The van der Waals surface area contributed by atoms with E-state index in [0.29, 0.717) is 36.6 Å². The smallest absolute Gasteiger partial charge is 0.214 e. The number of sulfonamides is 1. The molecule has 0 amide bonds. The molecule has 0 saturated carbocycles. The Bertz CT molecular complexity index is 342. The summed E-state index contributed by atoms with van der Waals surface area (Å²) in [6, 6.07) is 0.455. The fourth-order valence-electron chi connectivity index (χ4n) is 2.84. The summed E-state index contributed by atoms with van der Waals surface area (Å²) in [5.41, 5.74) is 0. The van der Waals surface area contributed by atoms with Gasteiger partial charge in [0.05, 0.1) is 5.75 Å². The number of piperidine rings is 2. The van der Waals surface area contributed by atoms with Gasteiger partial charge in [-0.05, 0) is 38.1 Å². The lowest BCUT2D eigenvalue weighted by atomic mass is 9.82. The first-order valence-corrected chi connectivity index (χ1v) is 7.85. The summed E-state index contributed by atoms with van der Waals surface area (Å²) in [5.74, 6) is 1.31. The minimum absolute atomic E-state index is 0.300. The molecule has 0 aliphatic carbocycles. The van der Waals surface area contributed by atoms with Gasteiger partial charge in [-0.15, -0.1) is 0 Å². The molecule has 0 aromatic rings. The fourth-order valence-corrected chi connectivity index (χ4v) is 4.48. The Balaban J connectivity index is 2.08. The Morgan fingerprint density at radius 2 is 2.12 bits per heavy atom. The van der Waals surface area contributed by atoms with Gasteiger partial charge in [-0.1, -0.05) is 6.92 Å². The lowest BCUT2D eigenvalue weighted by molar-refractivity contribution is 0.125. The largest absolute Gasteiger partial charge is 0.314 e. The standard InChI is InChI=1S/C11H22N2O2S/c1-3-4-16(14,15)13-7-10-5-11(8-13)9(2)12-6-10/h9-12H,3-8H2,1-2H3/t9-,10+,11-/m0/s1. The van der Waals surface area contributed by atoms with Crippen LogP contribution < -0.4 is 5.32 Å². The zero-order valence-corrected chi connectivity index (χ0v) is 11.0. The quantitative estimate of drug-likeness (QED) is 0.796. The molecule has 0 unspecified atom stereocenters.